The van der Waals surface area contributed by atoms with Crippen LogP contribution in [0.25, 0.3) is 6.08 Å². The van der Waals surface area contributed by atoms with Gasteiger partial charge in [-0.15, -0.1) is 11.8 Å². The summed E-state index contributed by atoms with van der Waals surface area (Å²) in [6, 6.07) is 17.5. The van der Waals surface area contributed by atoms with E-state index in [0.717, 1.165) is 11.3 Å². The third-order valence-electron chi connectivity index (χ3n) is 5.49. The Bertz CT molecular complexity index is 1440. The Morgan fingerprint density at radius 3 is 2.73 bits per heavy atom. The van der Waals surface area contributed by atoms with Gasteiger partial charge in [0.2, 0.25) is 5.17 Å². The first-order valence-corrected chi connectivity index (χ1v) is 13.2. The number of amides is 1. The largest absolute Gasteiger partial charge is 0.493 e. The molecule has 1 amide bonds. The maximum Gasteiger partial charge on any atom is 0.283 e. The summed E-state index contributed by atoms with van der Waals surface area (Å²) in [6.07, 6.45) is 4.98. The van der Waals surface area contributed by atoms with E-state index in [4.69, 9.17) is 14.9 Å². The monoisotopic (exact) mass is 529 g/mol. The first-order valence-electron chi connectivity index (χ1n) is 11.4. The molecule has 3 heterocycles. The highest BCUT2D eigenvalue weighted by molar-refractivity contribution is 8.27. The predicted octanol–water partition coefficient (Wildman–Crippen LogP) is 5.24. The second-order valence-electron chi connectivity index (χ2n) is 8.09. The van der Waals surface area contributed by atoms with Crippen LogP contribution in [0, 0.1) is 12.3 Å². The van der Waals surface area contributed by atoms with Crippen LogP contribution in [0.15, 0.2) is 87.6 Å². The van der Waals surface area contributed by atoms with Crippen molar-refractivity contribution in [3.8, 4) is 11.5 Å². The summed E-state index contributed by atoms with van der Waals surface area (Å²) in [6.45, 7) is 2.58. The molecule has 0 unspecified atom stereocenters. The molecule has 1 aromatic heterocycles. The van der Waals surface area contributed by atoms with Crippen LogP contribution in [0.1, 0.15) is 16.7 Å². The number of methoxy groups -OCH3 is 1. The van der Waals surface area contributed by atoms with Crippen LogP contribution >= 0.6 is 23.5 Å². The SMILES string of the molecule is COc1cc(C=C2C(=N)N3N=C(c4cccnc4)SC3=NC2=O)ccc1OCCSc1ccc(C)cc1. The number of carbonyl (C=O) groups excluding carboxylic acids is 1. The molecule has 5 rings (SSSR count). The van der Waals surface area contributed by atoms with Crippen molar-refractivity contribution in [2.24, 2.45) is 10.1 Å². The van der Waals surface area contributed by atoms with Gasteiger partial charge in [-0.2, -0.15) is 15.1 Å². The van der Waals surface area contributed by atoms with E-state index in [1.54, 1.807) is 49.5 Å². The molecule has 2 aliphatic rings. The van der Waals surface area contributed by atoms with Crippen molar-refractivity contribution in [3.05, 3.63) is 89.3 Å². The Morgan fingerprint density at radius 1 is 1.14 bits per heavy atom. The zero-order valence-electron chi connectivity index (χ0n) is 20.2. The van der Waals surface area contributed by atoms with Gasteiger partial charge in [-0.05, 0) is 66.7 Å². The molecular weight excluding hydrogens is 506 g/mol. The van der Waals surface area contributed by atoms with Crippen molar-refractivity contribution in [2.45, 2.75) is 11.8 Å². The number of aromatic nitrogens is 1. The number of thioether (sulfide) groups is 2. The van der Waals surface area contributed by atoms with Gasteiger partial charge in [0.25, 0.3) is 5.91 Å². The Morgan fingerprint density at radius 2 is 1.97 bits per heavy atom. The molecule has 0 saturated carbocycles. The number of benzene rings is 2. The molecule has 2 aromatic carbocycles. The summed E-state index contributed by atoms with van der Waals surface area (Å²) in [4.78, 5) is 22.2. The number of rotatable bonds is 8. The molecule has 0 radical (unpaired) electrons. The molecule has 1 N–H and O–H groups in total. The van der Waals surface area contributed by atoms with Gasteiger partial charge in [-0.3, -0.25) is 15.2 Å². The topological polar surface area (TPSA) is 100 Å². The number of nitrogens with one attached hydrogen (secondary N) is 1. The number of pyridine rings is 1. The molecule has 0 atom stereocenters. The predicted molar refractivity (Wildman–Crippen MR) is 149 cm³/mol. The fourth-order valence-corrected chi connectivity index (χ4v) is 5.22. The number of hydrogen-bond donors (Lipinski definition) is 1. The molecule has 10 heteroatoms. The summed E-state index contributed by atoms with van der Waals surface area (Å²) in [7, 11) is 1.57. The molecule has 0 bridgehead atoms. The summed E-state index contributed by atoms with van der Waals surface area (Å²) < 4.78 is 11.5. The minimum atomic E-state index is -0.487. The van der Waals surface area contributed by atoms with Crippen LogP contribution in [-0.2, 0) is 4.79 Å². The average Bonchev–Trinajstić information content (AvgIpc) is 3.35. The molecule has 8 nitrogen and oxygen atoms in total. The van der Waals surface area contributed by atoms with Crippen LogP contribution in [0.3, 0.4) is 0 Å². The van der Waals surface area contributed by atoms with E-state index in [9.17, 15) is 4.79 Å². The van der Waals surface area contributed by atoms with Crippen molar-refractivity contribution < 1.29 is 14.3 Å². The van der Waals surface area contributed by atoms with Gasteiger partial charge in [0.05, 0.1) is 19.3 Å². The van der Waals surface area contributed by atoms with Gasteiger partial charge in [0, 0.05) is 28.6 Å². The van der Waals surface area contributed by atoms with E-state index < -0.39 is 5.91 Å². The van der Waals surface area contributed by atoms with Crippen molar-refractivity contribution in [1.82, 2.24) is 9.99 Å². The van der Waals surface area contributed by atoms with Crippen LogP contribution < -0.4 is 9.47 Å². The first kappa shape index (κ1) is 24.8. The molecule has 0 spiro atoms. The van der Waals surface area contributed by atoms with E-state index in [-0.39, 0.29) is 11.4 Å². The van der Waals surface area contributed by atoms with Crippen molar-refractivity contribution in [2.75, 3.05) is 19.5 Å². The lowest BCUT2D eigenvalue weighted by Crippen LogP contribution is -2.35. The van der Waals surface area contributed by atoms with Crippen LogP contribution in [0.4, 0.5) is 0 Å². The van der Waals surface area contributed by atoms with Crippen molar-refractivity contribution in [3.63, 3.8) is 0 Å². The molecular formula is C27H23N5O3S2. The highest BCUT2D eigenvalue weighted by atomic mass is 32.2. The molecule has 3 aromatic rings. The zero-order chi connectivity index (χ0) is 25.8. The first-order chi connectivity index (χ1) is 18.0. The molecule has 37 heavy (non-hydrogen) atoms. The van der Waals surface area contributed by atoms with Crippen LogP contribution in [-0.4, -0.2) is 51.4 Å². The Hall–Kier alpha value is -3.89. The van der Waals surface area contributed by atoms with E-state index in [1.807, 2.05) is 18.2 Å². The summed E-state index contributed by atoms with van der Waals surface area (Å²) >= 11 is 2.96. The number of carbonyl (C=O) groups is 1. The number of hydrazone groups is 1. The van der Waals surface area contributed by atoms with E-state index in [1.165, 1.54) is 27.2 Å². The lowest BCUT2D eigenvalue weighted by Gasteiger charge is -2.20. The number of fused-ring (bicyclic) bond motifs is 1. The number of amidine groups is 2. The molecule has 0 fully saturated rings. The zero-order valence-corrected chi connectivity index (χ0v) is 21.8. The van der Waals surface area contributed by atoms with Gasteiger partial charge in [0.15, 0.2) is 17.3 Å². The Kier molecular flexibility index (Phi) is 7.38. The minimum Gasteiger partial charge on any atom is -0.493 e. The maximum absolute atomic E-state index is 12.8. The lowest BCUT2D eigenvalue weighted by molar-refractivity contribution is -0.114. The standard InChI is InChI=1S/C27H23N5O3S2/c1-17-5-8-20(9-6-17)36-13-12-35-22-10-7-18(15-23(22)34-2)14-21-24(28)32-27(30-25(21)33)37-26(31-32)19-4-3-11-29-16-19/h3-11,14-16,28H,12-13H2,1-2H3. The second-order valence-corrected chi connectivity index (χ2v) is 10.2. The van der Waals surface area contributed by atoms with Gasteiger partial charge in [-0.25, -0.2) is 0 Å². The molecule has 0 aliphatic carbocycles. The number of ether oxygens (including phenoxy) is 2. The molecule has 0 saturated heterocycles. The van der Waals surface area contributed by atoms with Crippen LogP contribution in [0.5, 0.6) is 11.5 Å². The van der Waals surface area contributed by atoms with Gasteiger partial charge in [0.1, 0.15) is 5.04 Å². The van der Waals surface area contributed by atoms with Crippen molar-refractivity contribution >= 4 is 51.6 Å². The lowest BCUT2D eigenvalue weighted by atomic mass is 10.1. The molecule has 2 aliphatic heterocycles. The average molecular weight is 530 g/mol. The summed E-state index contributed by atoms with van der Waals surface area (Å²) in [5.74, 6) is 1.43. The van der Waals surface area contributed by atoms with Crippen LogP contribution in [0.2, 0.25) is 0 Å². The summed E-state index contributed by atoms with van der Waals surface area (Å²) in [5.41, 5.74) is 2.87. The number of aliphatic imine (C=N–C) groups is 1. The minimum absolute atomic E-state index is 0.0335. The normalized spacial score (nSPS) is 15.9. The number of hydrogen-bond acceptors (Lipinski definition) is 8. The van der Waals surface area contributed by atoms with Gasteiger partial charge >= 0.3 is 0 Å². The Labute approximate surface area is 223 Å². The maximum atomic E-state index is 12.8. The number of nitrogens with zero attached hydrogens (tertiary/aromatic N) is 4. The fourth-order valence-electron chi connectivity index (χ4n) is 3.60. The van der Waals surface area contributed by atoms with E-state index in [0.29, 0.717) is 33.9 Å². The highest BCUT2D eigenvalue weighted by Gasteiger charge is 2.36. The highest BCUT2D eigenvalue weighted by Crippen LogP contribution is 2.33. The second kappa shape index (κ2) is 11.0. The number of aryl methyl sites for hydroxylation is 1. The van der Waals surface area contributed by atoms with E-state index in [2.05, 4.69) is 46.3 Å². The third-order valence-corrected chi connectivity index (χ3v) is 7.43. The fraction of sp³-hybridized carbons (Fsp3) is 0.148. The van der Waals surface area contributed by atoms with Gasteiger partial charge < -0.3 is 9.47 Å². The molecule has 186 valence electrons. The summed E-state index contributed by atoms with van der Waals surface area (Å²) in [5, 5.41) is 15.5. The van der Waals surface area contributed by atoms with Gasteiger partial charge in [-0.1, -0.05) is 23.8 Å². The van der Waals surface area contributed by atoms with E-state index >= 15 is 0 Å². The third kappa shape index (κ3) is 5.60. The van der Waals surface area contributed by atoms with Crippen molar-refractivity contribution in [1.29, 1.82) is 5.41 Å². The smallest absolute Gasteiger partial charge is 0.283 e. The Balaban J connectivity index is 1.28. The quantitative estimate of drug-likeness (QED) is 0.242.